The fourth-order valence-corrected chi connectivity index (χ4v) is 4.10. The molecule has 11 heteroatoms. The molecule has 0 aliphatic carbocycles. The summed E-state index contributed by atoms with van der Waals surface area (Å²) in [5.74, 6) is 0.896. The lowest BCUT2D eigenvalue weighted by Gasteiger charge is -2.38. The Morgan fingerprint density at radius 2 is 1.94 bits per heavy atom. The van der Waals surface area contributed by atoms with Crippen LogP contribution in [0.3, 0.4) is 0 Å². The van der Waals surface area contributed by atoms with Gasteiger partial charge in [0, 0.05) is 41.2 Å². The van der Waals surface area contributed by atoms with Crippen molar-refractivity contribution in [2.24, 2.45) is 0 Å². The van der Waals surface area contributed by atoms with Crippen LogP contribution in [0.4, 0.5) is 8.78 Å². The third-order valence-electron chi connectivity index (χ3n) is 5.72. The van der Waals surface area contributed by atoms with Gasteiger partial charge in [-0.2, -0.15) is 19.0 Å². The predicted octanol–water partition coefficient (Wildman–Crippen LogP) is 3.43. The van der Waals surface area contributed by atoms with Crippen LogP contribution < -0.4 is 15.2 Å². The average molecular weight is 453 g/mol. The third-order valence-corrected chi connectivity index (χ3v) is 5.72. The summed E-state index contributed by atoms with van der Waals surface area (Å²) < 4.78 is 34.2. The molecule has 0 bridgehead atoms. The van der Waals surface area contributed by atoms with Crippen LogP contribution in [0.5, 0.6) is 5.75 Å². The van der Waals surface area contributed by atoms with Gasteiger partial charge in [0.1, 0.15) is 12.1 Å². The minimum absolute atomic E-state index is 0.106. The first-order valence-electron chi connectivity index (χ1n) is 10.3. The molecule has 0 saturated carbocycles. The van der Waals surface area contributed by atoms with Gasteiger partial charge in [0.05, 0.1) is 31.1 Å². The third kappa shape index (κ3) is 3.45. The van der Waals surface area contributed by atoms with Gasteiger partial charge in [-0.1, -0.05) is 0 Å². The van der Waals surface area contributed by atoms with Crippen LogP contribution in [0.25, 0.3) is 33.8 Å². The standard InChI is InChI=1S/C22H21F2N7O2/c1-12(2)30-9-13-4-16(14-7-27-29(8-14)22(23)24)20(33-3)5-15(13)18-6-19(32)17(10-31(18)30)21-25-11-26-28-21/h4-8,10-12,22H,9H2,1-3H3,(H,25,26,28). The normalized spacial score (nSPS) is 12.9. The zero-order valence-corrected chi connectivity index (χ0v) is 18.2. The highest BCUT2D eigenvalue weighted by molar-refractivity contribution is 5.79. The van der Waals surface area contributed by atoms with E-state index in [4.69, 9.17) is 4.74 Å². The maximum atomic E-state index is 13.0. The topological polar surface area (TPSA) is 93.9 Å². The number of H-pyrrole nitrogens is 1. The predicted molar refractivity (Wildman–Crippen MR) is 118 cm³/mol. The van der Waals surface area contributed by atoms with E-state index in [-0.39, 0.29) is 11.5 Å². The number of nitrogens with zero attached hydrogens (tertiary/aromatic N) is 6. The van der Waals surface area contributed by atoms with Crippen molar-refractivity contribution in [2.45, 2.75) is 33.0 Å². The highest BCUT2D eigenvalue weighted by atomic mass is 19.3. The number of nitrogens with one attached hydrogen (secondary N) is 1. The van der Waals surface area contributed by atoms with Crippen molar-refractivity contribution in [3.63, 3.8) is 0 Å². The lowest BCUT2D eigenvalue weighted by Crippen LogP contribution is -2.43. The minimum Gasteiger partial charge on any atom is -0.496 e. The van der Waals surface area contributed by atoms with Gasteiger partial charge >= 0.3 is 6.55 Å². The Bertz CT molecular complexity index is 1380. The summed E-state index contributed by atoms with van der Waals surface area (Å²) in [7, 11) is 1.52. The van der Waals surface area contributed by atoms with E-state index < -0.39 is 6.55 Å². The van der Waals surface area contributed by atoms with E-state index in [1.165, 1.54) is 25.8 Å². The Kier molecular flexibility index (Phi) is 4.95. The van der Waals surface area contributed by atoms with E-state index >= 15 is 0 Å². The fourth-order valence-electron chi connectivity index (χ4n) is 4.10. The molecule has 1 aliphatic heterocycles. The van der Waals surface area contributed by atoms with Crippen LogP contribution in [0, 0.1) is 0 Å². The van der Waals surface area contributed by atoms with Gasteiger partial charge in [0.25, 0.3) is 0 Å². The van der Waals surface area contributed by atoms with Gasteiger partial charge in [0.2, 0.25) is 0 Å². The molecule has 33 heavy (non-hydrogen) atoms. The number of methoxy groups -OCH3 is 1. The van der Waals surface area contributed by atoms with Gasteiger partial charge in [-0.05, 0) is 31.5 Å². The molecule has 9 nitrogen and oxygen atoms in total. The lowest BCUT2D eigenvalue weighted by atomic mass is 9.95. The molecule has 1 aromatic carbocycles. The number of aromatic amines is 1. The molecular formula is C22H21F2N7O2. The van der Waals surface area contributed by atoms with E-state index in [2.05, 4.69) is 39.1 Å². The summed E-state index contributed by atoms with van der Waals surface area (Å²) in [6, 6.07) is 5.42. The summed E-state index contributed by atoms with van der Waals surface area (Å²) in [6.45, 7) is 1.92. The SMILES string of the molecule is COc1cc2c(cc1-c1cnn(C(F)F)c1)CN(C(C)C)n1cc(-c3ncn[nH]3)c(=O)cc1-2. The van der Waals surface area contributed by atoms with Crippen molar-refractivity contribution in [1.29, 1.82) is 0 Å². The summed E-state index contributed by atoms with van der Waals surface area (Å²) in [5, 5.41) is 12.4. The molecule has 0 fully saturated rings. The van der Waals surface area contributed by atoms with Crippen molar-refractivity contribution in [3.05, 3.63) is 58.9 Å². The van der Waals surface area contributed by atoms with E-state index in [1.54, 1.807) is 12.3 Å². The molecule has 0 radical (unpaired) electrons. The summed E-state index contributed by atoms with van der Waals surface area (Å²) in [6.07, 6.45) is 5.80. The van der Waals surface area contributed by atoms with Crippen LogP contribution >= 0.6 is 0 Å². The summed E-state index contributed by atoms with van der Waals surface area (Å²) in [4.78, 5) is 17.1. The molecular weight excluding hydrogens is 432 g/mol. The molecule has 170 valence electrons. The van der Waals surface area contributed by atoms with Crippen molar-refractivity contribution < 1.29 is 13.5 Å². The zero-order chi connectivity index (χ0) is 23.3. The number of hydrogen-bond donors (Lipinski definition) is 1. The van der Waals surface area contributed by atoms with Gasteiger partial charge in [-0.3, -0.25) is 14.6 Å². The van der Waals surface area contributed by atoms with E-state index in [9.17, 15) is 13.6 Å². The Balaban J connectivity index is 1.70. The number of rotatable bonds is 5. The van der Waals surface area contributed by atoms with Crippen LogP contribution in [-0.4, -0.2) is 42.8 Å². The molecule has 0 amide bonds. The summed E-state index contributed by atoms with van der Waals surface area (Å²) in [5.41, 5.74) is 3.86. The van der Waals surface area contributed by atoms with Gasteiger partial charge < -0.3 is 9.75 Å². The van der Waals surface area contributed by atoms with Crippen LogP contribution in [-0.2, 0) is 6.54 Å². The molecule has 0 atom stereocenters. The second kappa shape index (κ2) is 7.84. The number of benzene rings is 1. The second-order valence-corrected chi connectivity index (χ2v) is 8.00. The van der Waals surface area contributed by atoms with E-state index in [0.29, 0.717) is 45.2 Å². The van der Waals surface area contributed by atoms with Gasteiger partial charge in [-0.15, -0.1) is 0 Å². The van der Waals surface area contributed by atoms with Crippen LogP contribution in [0.15, 0.2) is 47.9 Å². The monoisotopic (exact) mass is 453 g/mol. The molecule has 3 aromatic heterocycles. The minimum atomic E-state index is -2.73. The average Bonchev–Trinajstić information content (AvgIpc) is 3.49. The van der Waals surface area contributed by atoms with Crippen LogP contribution in [0.2, 0.25) is 0 Å². The second-order valence-electron chi connectivity index (χ2n) is 8.00. The number of hydrogen-bond acceptors (Lipinski definition) is 6. The van der Waals surface area contributed by atoms with E-state index in [0.717, 1.165) is 11.1 Å². The van der Waals surface area contributed by atoms with E-state index in [1.807, 2.05) is 16.8 Å². The smallest absolute Gasteiger partial charge is 0.333 e. The Morgan fingerprint density at radius 3 is 2.58 bits per heavy atom. The van der Waals surface area contributed by atoms with Crippen molar-refractivity contribution >= 4 is 0 Å². The Labute approximate surface area is 187 Å². The molecule has 0 saturated heterocycles. The maximum absolute atomic E-state index is 13.0. The first-order valence-corrected chi connectivity index (χ1v) is 10.3. The molecule has 4 aromatic rings. The Hall–Kier alpha value is -4.02. The Morgan fingerprint density at radius 1 is 1.12 bits per heavy atom. The highest BCUT2D eigenvalue weighted by Crippen LogP contribution is 2.40. The van der Waals surface area contributed by atoms with Crippen LogP contribution in [0.1, 0.15) is 26.0 Å². The lowest BCUT2D eigenvalue weighted by molar-refractivity contribution is 0.0566. The van der Waals surface area contributed by atoms with Crippen molar-refractivity contribution in [1.82, 2.24) is 29.6 Å². The van der Waals surface area contributed by atoms with Crippen molar-refractivity contribution in [2.75, 3.05) is 12.1 Å². The van der Waals surface area contributed by atoms with Gasteiger partial charge in [0.15, 0.2) is 11.3 Å². The first-order chi connectivity index (χ1) is 15.9. The number of aromatic nitrogens is 6. The molecule has 1 N–H and O–H groups in total. The number of fused-ring (bicyclic) bond motifs is 3. The number of ether oxygens (including phenoxy) is 1. The molecule has 1 aliphatic rings. The zero-order valence-electron chi connectivity index (χ0n) is 18.2. The molecule has 5 rings (SSSR count). The molecule has 0 unspecified atom stereocenters. The number of alkyl halides is 2. The largest absolute Gasteiger partial charge is 0.496 e. The first kappa shape index (κ1) is 20.9. The molecule has 0 spiro atoms. The van der Waals surface area contributed by atoms with Gasteiger partial charge in [-0.25, -0.2) is 9.67 Å². The number of pyridine rings is 1. The molecule has 4 heterocycles. The van der Waals surface area contributed by atoms with Crippen molar-refractivity contribution in [3.8, 4) is 39.5 Å². The number of halogens is 2. The fraction of sp³-hybridized carbons (Fsp3) is 0.273. The quantitative estimate of drug-likeness (QED) is 0.498. The maximum Gasteiger partial charge on any atom is 0.333 e. The summed E-state index contributed by atoms with van der Waals surface area (Å²) >= 11 is 0. The highest BCUT2D eigenvalue weighted by Gasteiger charge is 2.27.